The molecule has 2 amide bonds. The molecular weight excluding hydrogens is 410 g/mol. The Balaban J connectivity index is 1.54. The van der Waals surface area contributed by atoms with E-state index >= 15 is 0 Å². The molecule has 0 radical (unpaired) electrons. The van der Waals surface area contributed by atoms with Crippen molar-refractivity contribution in [2.75, 3.05) is 13.7 Å². The standard InChI is InChI=1S/C25H19NO4S/c1-3-13-26-24(27)23(31-25(26)28)15-17-11-12-21(22(14-17)29-2)30-16-19-9-6-8-18-7-4-5-10-20(18)19/h1,4-12,14-15H,13,16H2,2H3/b23-15+. The van der Waals surface area contributed by atoms with Gasteiger partial charge in [-0.2, -0.15) is 0 Å². The van der Waals surface area contributed by atoms with Gasteiger partial charge in [0.2, 0.25) is 0 Å². The van der Waals surface area contributed by atoms with E-state index in [1.54, 1.807) is 25.3 Å². The topological polar surface area (TPSA) is 55.8 Å². The number of benzene rings is 3. The Morgan fingerprint density at radius 1 is 1.06 bits per heavy atom. The number of rotatable bonds is 6. The van der Waals surface area contributed by atoms with Gasteiger partial charge in [0.05, 0.1) is 18.6 Å². The summed E-state index contributed by atoms with van der Waals surface area (Å²) in [5, 5.41) is 1.93. The molecule has 1 aliphatic heterocycles. The van der Waals surface area contributed by atoms with Gasteiger partial charge in [-0.3, -0.25) is 14.5 Å². The van der Waals surface area contributed by atoms with Crippen molar-refractivity contribution in [3.05, 3.63) is 76.7 Å². The van der Waals surface area contributed by atoms with Gasteiger partial charge in [0.1, 0.15) is 6.61 Å². The van der Waals surface area contributed by atoms with Crippen LogP contribution < -0.4 is 9.47 Å². The van der Waals surface area contributed by atoms with Gasteiger partial charge in [-0.05, 0) is 51.9 Å². The van der Waals surface area contributed by atoms with Gasteiger partial charge in [0.25, 0.3) is 11.1 Å². The highest BCUT2D eigenvalue weighted by Gasteiger charge is 2.34. The number of carbonyl (C=O) groups excluding carboxylic acids is 2. The lowest BCUT2D eigenvalue weighted by atomic mass is 10.1. The van der Waals surface area contributed by atoms with Crippen LogP contribution in [-0.4, -0.2) is 29.7 Å². The van der Waals surface area contributed by atoms with Gasteiger partial charge >= 0.3 is 0 Å². The molecule has 1 heterocycles. The van der Waals surface area contributed by atoms with Crippen LogP contribution in [0.1, 0.15) is 11.1 Å². The first-order valence-corrected chi connectivity index (χ1v) is 10.4. The fraction of sp³-hybridized carbons (Fsp3) is 0.120. The summed E-state index contributed by atoms with van der Waals surface area (Å²) in [5.41, 5.74) is 1.80. The lowest BCUT2D eigenvalue weighted by Crippen LogP contribution is -2.28. The molecule has 1 saturated heterocycles. The summed E-state index contributed by atoms with van der Waals surface area (Å²) in [4.78, 5) is 25.7. The molecule has 0 atom stereocenters. The number of terminal acetylenes is 1. The predicted octanol–water partition coefficient (Wildman–Crippen LogP) is 5.10. The van der Waals surface area contributed by atoms with Crippen molar-refractivity contribution in [2.24, 2.45) is 0 Å². The molecule has 0 N–H and O–H groups in total. The van der Waals surface area contributed by atoms with Gasteiger partial charge in [-0.25, -0.2) is 0 Å². The van der Waals surface area contributed by atoms with E-state index in [0.717, 1.165) is 38.6 Å². The maximum absolute atomic E-state index is 12.4. The summed E-state index contributed by atoms with van der Waals surface area (Å²) in [5.74, 6) is 3.07. The number of thioether (sulfide) groups is 1. The molecule has 5 nitrogen and oxygen atoms in total. The van der Waals surface area contributed by atoms with E-state index < -0.39 is 0 Å². The Bertz CT molecular complexity index is 1240. The molecule has 0 unspecified atom stereocenters. The first-order chi connectivity index (χ1) is 15.1. The molecule has 0 aromatic heterocycles. The zero-order chi connectivity index (χ0) is 21.8. The Morgan fingerprint density at radius 3 is 2.68 bits per heavy atom. The Labute approximate surface area is 184 Å². The number of nitrogens with zero attached hydrogens (tertiary/aromatic N) is 1. The van der Waals surface area contributed by atoms with E-state index in [1.807, 2.05) is 30.3 Å². The second kappa shape index (κ2) is 8.99. The molecule has 154 valence electrons. The summed E-state index contributed by atoms with van der Waals surface area (Å²) in [6.45, 7) is 0.355. The minimum Gasteiger partial charge on any atom is -0.493 e. The summed E-state index contributed by atoms with van der Waals surface area (Å²) in [7, 11) is 1.56. The third-order valence-electron chi connectivity index (χ3n) is 4.87. The molecule has 1 aliphatic rings. The summed E-state index contributed by atoms with van der Waals surface area (Å²) >= 11 is 0.874. The van der Waals surface area contributed by atoms with Gasteiger partial charge in [-0.15, -0.1) is 6.42 Å². The van der Waals surface area contributed by atoms with E-state index in [0.29, 0.717) is 23.0 Å². The Kier molecular flexibility index (Phi) is 5.96. The molecule has 31 heavy (non-hydrogen) atoms. The van der Waals surface area contributed by atoms with Crippen LogP contribution in [0.4, 0.5) is 4.79 Å². The first kappa shape index (κ1) is 20.6. The van der Waals surface area contributed by atoms with Gasteiger partial charge in [0.15, 0.2) is 11.5 Å². The average Bonchev–Trinajstić information content (AvgIpc) is 3.05. The molecule has 6 heteroatoms. The summed E-state index contributed by atoms with van der Waals surface area (Å²) in [6.07, 6.45) is 6.88. The highest BCUT2D eigenvalue weighted by molar-refractivity contribution is 8.18. The molecule has 0 bridgehead atoms. The number of amides is 2. The van der Waals surface area contributed by atoms with Crippen molar-refractivity contribution in [2.45, 2.75) is 6.61 Å². The molecule has 0 saturated carbocycles. The van der Waals surface area contributed by atoms with Crippen LogP contribution in [0.3, 0.4) is 0 Å². The average molecular weight is 429 g/mol. The van der Waals surface area contributed by atoms with Crippen LogP contribution in [-0.2, 0) is 11.4 Å². The molecule has 4 rings (SSSR count). The zero-order valence-electron chi connectivity index (χ0n) is 16.8. The monoisotopic (exact) mass is 429 g/mol. The lowest BCUT2D eigenvalue weighted by molar-refractivity contribution is -0.122. The van der Waals surface area contributed by atoms with Crippen LogP contribution in [0, 0.1) is 12.3 Å². The first-order valence-electron chi connectivity index (χ1n) is 9.57. The molecular formula is C25H19NO4S. The highest BCUT2D eigenvalue weighted by atomic mass is 32.2. The van der Waals surface area contributed by atoms with Crippen LogP contribution in [0.25, 0.3) is 16.8 Å². The minimum absolute atomic E-state index is 0.0354. The summed E-state index contributed by atoms with van der Waals surface area (Å²) in [6, 6.07) is 19.7. The molecule has 3 aromatic carbocycles. The van der Waals surface area contributed by atoms with E-state index in [1.165, 1.54) is 0 Å². The van der Waals surface area contributed by atoms with Crippen LogP contribution in [0.5, 0.6) is 11.5 Å². The fourth-order valence-corrected chi connectivity index (χ4v) is 4.18. The number of hydrogen-bond acceptors (Lipinski definition) is 5. The normalized spacial score (nSPS) is 14.8. The quantitative estimate of drug-likeness (QED) is 0.403. The predicted molar refractivity (Wildman–Crippen MR) is 123 cm³/mol. The van der Waals surface area contributed by atoms with Gasteiger partial charge < -0.3 is 9.47 Å². The number of fused-ring (bicyclic) bond motifs is 1. The molecule has 1 fully saturated rings. The van der Waals surface area contributed by atoms with Crippen molar-refractivity contribution in [3.8, 4) is 23.8 Å². The van der Waals surface area contributed by atoms with Crippen molar-refractivity contribution < 1.29 is 19.1 Å². The third-order valence-corrected chi connectivity index (χ3v) is 5.78. The fourth-order valence-electron chi connectivity index (χ4n) is 3.35. The zero-order valence-corrected chi connectivity index (χ0v) is 17.6. The maximum atomic E-state index is 12.4. The largest absolute Gasteiger partial charge is 0.493 e. The van der Waals surface area contributed by atoms with E-state index in [-0.39, 0.29) is 17.7 Å². The van der Waals surface area contributed by atoms with Crippen LogP contribution >= 0.6 is 11.8 Å². The van der Waals surface area contributed by atoms with Crippen LogP contribution in [0.15, 0.2) is 65.6 Å². The molecule has 0 aliphatic carbocycles. The SMILES string of the molecule is C#CCN1C(=O)S/C(=C/c2ccc(OCc3cccc4ccccc34)c(OC)c2)C1=O. The van der Waals surface area contributed by atoms with Crippen molar-refractivity contribution in [3.63, 3.8) is 0 Å². The minimum atomic E-state index is -0.386. The third kappa shape index (κ3) is 4.27. The second-order valence-corrected chi connectivity index (χ2v) is 7.80. The van der Waals surface area contributed by atoms with Gasteiger partial charge in [0, 0.05) is 0 Å². The highest BCUT2D eigenvalue weighted by Crippen LogP contribution is 2.34. The van der Waals surface area contributed by atoms with E-state index in [9.17, 15) is 9.59 Å². The Hall–Kier alpha value is -3.69. The number of carbonyl (C=O) groups is 2. The van der Waals surface area contributed by atoms with E-state index in [4.69, 9.17) is 15.9 Å². The second-order valence-electron chi connectivity index (χ2n) is 6.81. The van der Waals surface area contributed by atoms with Crippen LogP contribution in [0.2, 0.25) is 0 Å². The van der Waals surface area contributed by atoms with E-state index in [2.05, 4.69) is 24.1 Å². The van der Waals surface area contributed by atoms with Crippen molar-refractivity contribution in [1.29, 1.82) is 0 Å². The smallest absolute Gasteiger partial charge is 0.294 e. The number of imide groups is 1. The van der Waals surface area contributed by atoms with Crippen molar-refractivity contribution in [1.82, 2.24) is 4.90 Å². The summed E-state index contributed by atoms with van der Waals surface area (Å²) < 4.78 is 11.5. The van der Waals surface area contributed by atoms with Gasteiger partial charge in [-0.1, -0.05) is 54.5 Å². The maximum Gasteiger partial charge on any atom is 0.294 e. The Morgan fingerprint density at radius 2 is 1.87 bits per heavy atom. The molecule has 3 aromatic rings. The number of methoxy groups -OCH3 is 1. The molecule has 0 spiro atoms. The number of hydrogen-bond donors (Lipinski definition) is 0. The van der Waals surface area contributed by atoms with Crippen molar-refractivity contribution >= 4 is 39.8 Å². The number of ether oxygens (including phenoxy) is 2. The lowest BCUT2D eigenvalue weighted by Gasteiger charge is -2.13.